The van der Waals surface area contributed by atoms with Gasteiger partial charge in [-0.1, -0.05) is 30.3 Å². The molecule has 0 aliphatic carbocycles. The highest BCUT2D eigenvalue weighted by molar-refractivity contribution is 5.91. The van der Waals surface area contributed by atoms with Gasteiger partial charge in [-0.05, 0) is 49.3 Å². The molecule has 0 radical (unpaired) electrons. The number of morpholine rings is 1. The topological polar surface area (TPSA) is 48.1 Å². The van der Waals surface area contributed by atoms with Gasteiger partial charge in [0.1, 0.15) is 0 Å². The first-order valence-corrected chi connectivity index (χ1v) is 11.5. The second-order valence-corrected chi connectivity index (χ2v) is 8.40. The smallest absolute Gasteiger partial charge is 0.225 e. The van der Waals surface area contributed by atoms with Gasteiger partial charge in [0.05, 0.1) is 13.2 Å². The van der Waals surface area contributed by atoms with Crippen molar-refractivity contribution >= 4 is 17.3 Å². The van der Waals surface area contributed by atoms with Gasteiger partial charge in [0.25, 0.3) is 0 Å². The number of hydrogen-bond donors (Lipinski definition) is 1. The van der Waals surface area contributed by atoms with Crippen LogP contribution in [0.1, 0.15) is 18.4 Å². The van der Waals surface area contributed by atoms with E-state index in [0.29, 0.717) is 6.42 Å². The minimum Gasteiger partial charge on any atom is -0.378 e. The van der Waals surface area contributed by atoms with Gasteiger partial charge in [0, 0.05) is 57.1 Å². The standard InChI is InChI=1S/C25H34N4O2/c30-25(26-23-7-9-24(10-8-23)29-17-19-31-20-18-29)11-14-27-12-4-13-28(16-15-27)21-22-5-2-1-3-6-22/h1-3,5-10H,4,11-21H2,(H,26,30). The summed E-state index contributed by atoms with van der Waals surface area (Å²) in [6.45, 7) is 9.48. The van der Waals surface area contributed by atoms with Crippen LogP contribution >= 0.6 is 0 Å². The summed E-state index contributed by atoms with van der Waals surface area (Å²) < 4.78 is 5.41. The zero-order valence-electron chi connectivity index (χ0n) is 18.3. The maximum atomic E-state index is 12.5. The highest BCUT2D eigenvalue weighted by atomic mass is 16.5. The predicted octanol–water partition coefficient (Wildman–Crippen LogP) is 3.06. The van der Waals surface area contributed by atoms with Gasteiger partial charge in [0.2, 0.25) is 5.91 Å². The summed E-state index contributed by atoms with van der Waals surface area (Å²) in [5, 5.41) is 3.05. The molecular weight excluding hydrogens is 388 g/mol. The predicted molar refractivity (Wildman–Crippen MR) is 125 cm³/mol. The highest BCUT2D eigenvalue weighted by Gasteiger charge is 2.16. The molecule has 2 aliphatic rings. The first kappa shape index (κ1) is 21.8. The average molecular weight is 423 g/mol. The van der Waals surface area contributed by atoms with E-state index < -0.39 is 0 Å². The molecule has 2 aromatic carbocycles. The molecule has 6 heteroatoms. The lowest BCUT2D eigenvalue weighted by Crippen LogP contribution is -2.36. The average Bonchev–Trinajstić information content (AvgIpc) is 3.04. The molecule has 1 N–H and O–H groups in total. The minimum absolute atomic E-state index is 0.0875. The molecule has 0 atom stereocenters. The third-order valence-corrected chi connectivity index (χ3v) is 6.11. The number of anilines is 2. The number of nitrogens with one attached hydrogen (secondary N) is 1. The fourth-order valence-corrected chi connectivity index (χ4v) is 4.31. The van der Waals surface area contributed by atoms with Crippen LogP contribution in [0.2, 0.25) is 0 Å². The van der Waals surface area contributed by atoms with Gasteiger partial charge < -0.3 is 19.9 Å². The normalized spacial score (nSPS) is 18.5. The van der Waals surface area contributed by atoms with Crippen molar-refractivity contribution in [3.05, 3.63) is 60.2 Å². The van der Waals surface area contributed by atoms with Crippen molar-refractivity contribution in [3.8, 4) is 0 Å². The molecule has 2 aromatic rings. The number of benzene rings is 2. The van der Waals surface area contributed by atoms with Gasteiger partial charge in [-0.25, -0.2) is 0 Å². The molecule has 0 bridgehead atoms. The molecule has 4 rings (SSSR count). The first-order valence-electron chi connectivity index (χ1n) is 11.5. The van der Waals surface area contributed by atoms with Crippen LogP contribution in [0.15, 0.2) is 54.6 Å². The van der Waals surface area contributed by atoms with E-state index in [4.69, 9.17) is 4.74 Å². The summed E-state index contributed by atoms with van der Waals surface area (Å²) in [6.07, 6.45) is 1.68. The fourth-order valence-electron chi connectivity index (χ4n) is 4.31. The zero-order valence-corrected chi connectivity index (χ0v) is 18.3. The largest absolute Gasteiger partial charge is 0.378 e. The monoisotopic (exact) mass is 422 g/mol. The van der Waals surface area contributed by atoms with Crippen molar-refractivity contribution in [2.24, 2.45) is 0 Å². The molecule has 2 saturated heterocycles. The Hall–Kier alpha value is -2.41. The Morgan fingerprint density at radius 3 is 2.32 bits per heavy atom. The molecule has 1 amide bonds. The number of carbonyl (C=O) groups is 1. The Morgan fingerprint density at radius 1 is 0.839 bits per heavy atom. The van der Waals surface area contributed by atoms with Crippen LogP contribution < -0.4 is 10.2 Å². The third-order valence-electron chi connectivity index (χ3n) is 6.11. The summed E-state index contributed by atoms with van der Waals surface area (Å²) in [5.74, 6) is 0.0875. The van der Waals surface area contributed by atoms with Crippen molar-refractivity contribution in [2.75, 3.05) is 69.2 Å². The summed E-state index contributed by atoms with van der Waals surface area (Å²) >= 11 is 0. The van der Waals surface area contributed by atoms with E-state index in [1.165, 1.54) is 11.3 Å². The van der Waals surface area contributed by atoms with Gasteiger partial charge >= 0.3 is 0 Å². The van der Waals surface area contributed by atoms with E-state index in [9.17, 15) is 4.79 Å². The SMILES string of the molecule is O=C(CCN1CCCN(Cc2ccccc2)CC1)Nc1ccc(N2CCOCC2)cc1. The van der Waals surface area contributed by atoms with Gasteiger partial charge in [-0.3, -0.25) is 9.69 Å². The van der Waals surface area contributed by atoms with Crippen LogP contribution in [0.5, 0.6) is 0 Å². The number of rotatable bonds is 7. The van der Waals surface area contributed by atoms with E-state index in [2.05, 4.69) is 62.5 Å². The van der Waals surface area contributed by atoms with Crippen molar-refractivity contribution < 1.29 is 9.53 Å². The Kier molecular flexibility index (Phi) is 7.93. The number of amides is 1. The van der Waals surface area contributed by atoms with E-state index >= 15 is 0 Å². The Balaban J connectivity index is 1.18. The van der Waals surface area contributed by atoms with E-state index in [0.717, 1.165) is 77.7 Å². The second kappa shape index (κ2) is 11.3. The highest BCUT2D eigenvalue weighted by Crippen LogP contribution is 2.19. The molecule has 2 fully saturated rings. The summed E-state index contributed by atoms with van der Waals surface area (Å²) in [7, 11) is 0. The van der Waals surface area contributed by atoms with Crippen molar-refractivity contribution in [2.45, 2.75) is 19.4 Å². The summed E-state index contributed by atoms with van der Waals surface area (Å²) in [4.78, 5) is 19.7. The summed E-state index contributed by atoms with van der Waals surface area (Å²) in [6, 6.07) is 18.8. The van der Waals surface area contributed by atoms with E-state index in [1.54, 1.807) is 0 Å². The van der Waals surface area contributed by atoms with E-state index in [-0.39, 0.29) is 5.91 Å². The first-order chi connectivity index (χ1) is 15.3. The second-order valence-electron chi connectivity index (χ2n) is 8.40. The maximum Gasteiger partial charge on any atom is 0.225 e. The Bertz CT molecular complexity index is 806. The van der Waals surface area contributed by atoms with Crippen molar-refractivity contribution in [1.29, 1.82) is 0 Å². The Morgan fingerprint density at radius 2 is 1.55 bits per heavy atom. The lowest BCUT2D eigenvalue weighted by atomic mass is 10.2. The molecule has 0 spiro atoms. The summed E-state index contributed by atoms with van der Waals surface area (Å²) in [5.41, 5.74) is 3.42. The van der Waals surface area contributed by atoms with Crippen molar-refractivity contribution in [1.82, 2.24) is 9.80 Å². The zero-order chi connectivity index (χ0) is 21.3. The molecular formula is C25H34N4O2. The number of nitrogens with zero attached hydrogens (tertiary/aromatic N) is 3. The molecule has 31 heavy (non-hydrogen) atoms. The third kappa shape index (κ3) is 6.79. The minimum atomic E-state index is 0.0875. The molecule has 0 aromatic heterocycles. The quantitative estimate of drug-likeness (QED) is 0.743. The van der Waals surface area contributed by atoms with Crippen LogP contribution in [0.4, 0.5) is 11.4 Å². The van der Waals surface area contributed by atoms with Gasteiger partial charge in [0.15, 0.2) is 0 Å². The molecule has 2 aliphatic heterocycles. The number of carbonyl (C=O) groups excluding carboxylic acids is 1. The van der Waals surface area contributed by atoms with Crippen LogP contribution in [0, 0.1) is 0 Å². The van der Waals surface area contributed by atoms with E-state index in [1.807, 2.05) is 12.1 Å². The number of hydrogen-bond acceptors (Lipinski definition) is 5. The van der Waals surface area contributed by atoms with Crippen LogP contribution in [-0.4, -0.2) is 74.7 Å². The lowest BCUT2D eigenvalue weighted by molar-refractivity contribution is -0.116. The van der Waals surface area contributed by atoms with Crippen molar-refractivity contribution in [3.63, 3.8) is 0 Å². The van der Waals surface area contributed by atoms with Crippen LogP contribution in [0.3, 0.4) is 0 Å². The molecule has 6 nitrogen and oxygen atoms in total. The van der Waals surface area contributed by atoms with Crippen LogP contribution in [0.25, 0.3) is 0 Å². The molecule has 0 saturated carbocycles. The maximum absolute atomic E-state index is 12.5. The Labute approximate surface area is 185 Å². The molecule has 2 heterocycles. The molecule has 0 unspecified atom stereocenters. The van der Waals surface area contributed by atoms with Crippen LogP contribution in [-0.2, 0) is 16.1 Å². The fraction of sp³-hybridized carbons (Fsp3) is 0.480. The number of ether oxygens (including phenoxy) is 1. The van der Waals surface area contributed by atoms with Gasteiger partial charge in [-0.15, -0.1) is 0 Å². The van der Waals surface area contributed by atoms with Gasteiger partial charge in [-0.2, -0.15) is 0 Å². The molecule has 166 valence electrons. The lowest BCUT2D eigenvalue weighted by Gasteiger charge is -2.28.